The lowest BCUT2D eigenvalue weighted by atomic mass is 10.1. The van der Waals surface area contributed by atoms with Gasteiger partial charge in [0, 0.05) is 18.7 Å². The van der Waals surface area contributed by atoms with Gasteiger partial charge in [0.1, 0.15) is 22.9 Å². The second kappa shape index (κ2) is 12.9. The number of thiophene rings is 1. The molecule has 0 aliphatic carbocycles. The minimum absolute atomic E-state index is 0.122. The molecule has 1 aromatic carbocycles. The largest absolute Gasteiger partial charge is 0.444 e. The summed E-state index contributed by atoms with van der Waals surface area (Å²) in [6.45, 7) is 12.6. The molecule has 2 fully saturated rings. The average Bonchev–Trinajstić information content (AvgIpc) is 3.82. The Morgan fingerprint density at radius 2 is 1.30 bits per heavy atom. The number of carbonyl (C=O) groups is 2. The van der Waals surface area contributed by atoms with Crippen LogP contribution < -0.4 is 0 Å². The fourth-order valence-corrected chi connectivity index (χ4v) is 6.71. The number of nitrogens with zero attached hydrogens (tertiary/aromatic N) is 4. The number of hydrogen-bond acceptors (Lipinski definition) is 7. The van der Waals surface area contributed by atoms with Crippen LogP contribution in [0.3, 0.4) is 0 Å². The summed E-state index contributed by atoms with van der Waals surface area (Å²) in [5.41, 5.74) is 2.62. The molecule has 0 radical (unpaired) electrons. The van der Waals surface area contributed by atoms with Gasteiger partial charge < -0.3 is 19.4 Å². The number of ether oxygens (including phenoxy) is 2. The van der Waals surface area contributed by atoms with E-state index in [0.717, 1.165) is 69.6 Å². The molecule has 2 N–H and O–H groups in total. The van der Waals surface area contributed by atoms with Gasteiger partial charge in [-0.25, -0.2) is 19.6 Å². The zero-order valence-electron chi connectivity index (χ0n) is 27.8. The molecule has 2 atom stereocenters. The number of amides is 2. The molecule has 4 aromatic rings. The first kappa shape index (κ1) is 32.4. The zero-order valence-corrected chi connectivity index (χ0v) is 28.7. The molecular formula is C36H42N6O4S. The van der Waals surface area contributed by atoms with Crippen molar-refractivity contribution in [1.29, 1.82) is 0 Å². The van der Waals surface area contributed by atoms with E-state index >= 15 is 0 Å². The molecule has 2 amide bonds. The van der Waals surface area contributed by atoms with E-state index < -0.39 is 11.2 Å². The number of nitrogens with one attached hydrogen (secondary N) is 2. The first-order chi connectivity index (χ1) is 22.3. The third kappa shape index (κ3) is 7.71. The van der Waals surface area contributed by atoms with Crippen molar-refractivity contribution < 1.29 is 19.1 Å². The first-order valence-corrected chi connectivity index (χ1v) is 17.0. The number of carbonyl (C=O) groups excluding carboxylic acids is 2. The van der Waals surface area contributed by atoms with Crippen molar-refractivity contribution in [2.24, 2.45) is 0 Å². The Labute approximate surface area is 279 Å². The molecule has 2 aliphatic rings. The highest BCUT2D eigenvalue weighted by Crippen LogP contribution is 2.35. The number of likely N-dealkylation sites (tertiary alicyclic amines) is 2. The molecular weight excluding hydrogens is 613 g/mol. The summed E-state index contributed by atoms with van der Waals surface area (Å²) in [5, 5.41) is 0. The highest BCUT2D eigenvalue weighted by atomic mass is 32.1. The highest BCUT2D eigenvalue weighted by Gasteiger charge is 2.36. The fourth-order valence-electron chi connectivity index (χ4n) is 5.88. The van der Waals surface area contributed by atoms with Gasteiger partial charge >= 0.3 is 12.2 Å². The van der Waals surface area contributed by atoms with E-state index in [-0.39, 0.29) is 24.3 Å². The van der Waals surface area contributed by atoms with Gasteiger partial charge in [0.2, 0.25) is 0 Å². The second-order valence-electron chi connectivity index (χ2n) is 14.0. The van der Waals surface area contributed by atoms with Gasteiger partial charge in [-0.05, 0) is 97.1 Å². The molecule has 0 spiro atoms. The lowest BCUT2D eigenvalue weighted by molar-refractivity contribution is 0.0208. The number of hydrogen-bond donors (Lipinski definition) is 2. The molecule has 5 heterocycles. The summed E-state index contributed by atoms with van der Waals surface area (Å²) < 4.78 is 11.2. The van der Waals surface area contributed by atoms with Gasteiger partial charge in [0.15, 0.2) is 0 Å². The van der Waals surface area contributed by atoms with Crippen LogP contribution in [0.1, 0.15) is 101 Å². The van der Waals surface area contributed by atoms with Gasteiger partial charge in [-0.1, -0.05) is 24.0 Å². The Hall–Kier alpha value is -4.56. The fraction of sp³-hybridized carbons (Fsp3) is 0.444. The Morgan fingerprint density at radius 3 is 1.85 bits per heavy atom. The van der Waals surface area contributed by atoms with Gasteiger partial charge in [-0.15, -0.1) is 11.3 Å². The quantitative estimate of drug-likeness (QED) is 0.215. The van der Waals surface area contributed by atoms with E-state index in [1.807, 2.05) is 90.3 Å². The third-order valence-electron chi connectivity index (χ3n) is 7.98. The second-order valence-corrected chi connectivity index (χ2v) is 15.1. The van der Waals surface area contributed by atoms with Crippen molar-refractivity contribution >= 4 is 23.5 Å². The van der Waals surface area contributed by atoms with Crippen LogP contribution >= 0.6 is 11.3 Å². The van der Waals surface area contributed by atoms with Crippen molar-refractivity contribution in [2.75, 3.05) is 13.1 Å². The van der Waals surface area contributed by atoms with E-state index in [9.17, 15) is 9.59 Å². The van der Waals surface area contributed by atoms with Crippen LogP contribution in [0.2, 0.25) is 0 Å². The van der Waals surface area contributed by atoms with Crippen molar-refractivity contribution in [1.82, 2.24) is 29.7 Å². The zero-order chi connectivity index (χ0) is 33.3. The average molecular weight is 655 g/mol. The molecule has 3 aromatic heterocycles. The SMILES string of the molecule is CC(C)(C)OC(=O)N1CCC[C@@H]1c1ncc(-c2ccc(C#Cc3ccc(-c4cnc([C@H]5CCCN5C(=O)OC(C)(C)C)[nH]4)s3)cc2)[nH]1. The van der Waals surface area contributed by atoms with Crippen LogP contribution in [0.5, 0.6) is 0 Å². The number of H-pyrrole nitrogens is 2. The van der Waals surface area contributed by atoms with Crippen LogP contribution in [0.4, 0.5) is 9.59 Å². The Balaban J connectivity index is 1.09. The van der Waals surface area contributed by atoms with Crippen molar-refractivity contribution in [2.45, 2.75) is 90.5 Å². The van der Waals surface area contributed by atoms with E-state index in [0.29, 0.717) is 13.1 Å². The molecule has 2 aliphatic heterocycles. The van der Waals surface area contributed by atoms with E-state index in [4.69, 9.17) is 9.47 Å². The predicted molar refractivity (Wildman–Crippen MR) is 182 cm³/mol. The molecule has 0 unspecified atom stereocenters. The maximum Gasteiger partial charge on any atom is 0.410 e. The van der Waals surface area contributed by atoms with Crippen LogP contribution in [0.25, 0.3) is 21.8 Å². The number of rotatable bonds is 4. The van der Waals surface area contributed by atoms with Crippen LogP contribution in [-0.2, 0) is 9.47 Å². The molecule has 2 saturated heterocycles. The summed E-state index contributed by atoms with van der Waals surface area (Å²) in [4.78, 5) is 47.1. The third-order valence-corrected chi connectivity index (χ3v) is 9.02. The molecule has 10 nitrogen and oxygen atoms in total. The van der Waals surface area contributed by atoms with Crippen molar-refractivity contribution in [3.63, 3.8) is 0 Å². The Morgan fingerprint density at radius 1 is 0.766 bits per heavy atom. The number of aromatic amines is 2. The van der Waals surface area contributed by atoms with Crippen LogP contribution in [-0.4, -0.2) is 66.2 Å². The molecule has 0 bridgehead atoms. The Bertz CT molecular complexity index is 1800. The van der Waals surface area contributed by atoms with E-state index in [2.05, 4.69) is 31.8 Å². The maximum atomic E-state index is 12.7. The van der Waals surface area contributed by atoms with Crippen molar-refractivity contribution in [3.05, 3.63) is 70.9 Å². The molecule has 0 saturated carbocycles. The molecule has 246 valence electrons. The summed E-state index contributed by atoms with van der Waals surface area (Å²) in [5.74, 6) is 8.10. The lowest BCUT2D eigenvalue weighted by Gasteiger charge is -2.27. The van der Waals surface area contributed by atoms with Crippen LogP contribution in [0, 0.1) is 11.8 Å². The minimum atomic E-state index is -0.540. The summed E-state index contributed by atoms with van der Waals surface area (Å²) in [7, 11) is 0. The summed E-state index contributed by atoms with van der Waals surface area (Å²) in [6.07, 6.45) is 6.56. The number of benzene rings is 1. The number of imidazole rings is 2. The lowest BCUT2D eigenvalue weighted by Crippen LogP contribution is -2.36. The van der Waals surface area contributed by atoms with Gasteiger partial charge in [-0.2, -0.15) is 0 Å². The first-order valence-electron chi connectivity index (χ1n) is 16.1. The number of aromatic nitrogens is 4. The van der Waals surface area contributed by atoms with Gasteiger partial charge in [0.25, 0.3) is 0 Å². The normalized spacial score (nSPS) is 18.3. The summed E-state index contributed by atoms with van der Waals surface area (Å²) in [6, 6.07) is 11.9. The minimum Gasteiger partial charge on any atom is -0.444 e. The highest BCUT2D eigenvalue weighted by molar-refractivity contribution is 7.16. The smallest absolute Gasteiger partial charge is 0.410 e. The van der Waals surface area contributed by atoms with Gasteiger partial charge in [-0.3, -0.25) is 9.80 Å². The summed E-state index contributed by atoms with van der Waals surface area (Å²) >= 11 is 1.60. The maximum absolute atomic E-state index is 12.7. The predicted octanol–water partition coefficient (Wildman–Crippen LogP) is 8.07. The van der Waals surface area contributed by atoms with E-state index in [1.165, 1.54) is 0 Å². The monoisotopic (exact) mass is 654 g/mol. The Kier molecular flexibility index (Phi) is 8.90. The molecule has 11 heteroatoms. The topological polar surface area (TPSA) is 116 Å². The standard InChI is InChI=1S/C36H42N6O4S/c1-35(2,3)45-33(43)41-19-7-9-28(41)31-37-21-26(39-31)24-14-11-23(12-15-24)13-16-25-17-18-30(47-25)27-22-38-32(40-27)29-10-8-20-42(29)34(44)46-36(4,5)6/h11-12,14-15,17-18,21-22,28-29H,7-10,19-20H2,1-6H3,(H,37,39)(H,38,40)/t28-,29-/m1/s1. The van der Waals surface area contributed by atoms with Gasteiger partial charge in [0.05, 0.1) is 45.6 Å². The van der Waals surface area contributed by atoms with Crippen molar-refractivity contribution in [3.8, 4) is 33.7 Å². The van der Waals surface area contributed by atoms with E-state index in [1.54, 1.807) is 21.1 Å². The molecule has 6 rings (SSSR count). The molecule has 47 heavy (non-hydrogen) atoms. The van der Waals surface area contributed by atoms with Crippen LogP contribution in [0.15, 0.2) is 48.8 Å².